The van der Waals surface area contributed by atoms with E-state index >= 15 is 0 Å². The average Bonchev–Trinajstić information content (AvgIpc) is 2.71. The Labute approximate surface area is 107 Å². The molecule has 102 valence electrons. The highest BCUT2D eigenvalue weighted by molar-refractivity contribution is 5.09. The summed E-state index contributed by atoms with van der Waals surface area (Å²) in [7, 11) is 1.86. The van der Waals surface area contributed by atoms with Crippen molar-refractivity contribution in [2.45, 2.75) is 44.6 Å². The molecule has 1 aromatic heterocycles. The van der Waals surface area contributed by atoms with E-state index in [2.05, 4.69) is 10.4 Å². The maximum atomic E-state index is 13.5. The van der Waals surface area contributed by atoms with Gasteiger partial charge in [0.15, 0.2) is 0 Å². The van der Waals surface area contributed by atoms with E-state index in [-0.39, 0.29) is 24.8 Å². The molecule has 0 amide bonds. The lowest BCUT2D eigenvalue weighted by Gasteiger charge is -2.34. The van der Waals surface area contributed by atoms with E-state index in [1.807, 2.05) is 20.0 Å². The summed E-state index contributed by atoms with van der Waals surface area (Å²) in [5, 5.41) is 7.48. The summed E-state index contributed by atoms with van der Waals surface area (Å²) in [6, 6.07) is 1.90. The maximum Gasteiger partial charge on any atom is 0.248 e. The van der Waals surface area contributed by atoms with Crippen molar-refractivity contribution < 1.29 is 8.78 Å². The van der Waals surface area contributed by atoms with Crippen LogP contribution in [0.25, 0.3) is 0 Å². The Balaban J connectivity index is 2.17. The minimum Gasteiger partial charge on any atom is -0.309 e. The molecule has 0 aromatic carbocycles. The highest BCUT2D eigenvalue weighted by Gasteiger charge is 2.40. The van der Waals surface area contributed by atoms with Gasteiger partial charge in [0, 0.05) is 26.1 Å². The first-order valence-corrected chi connectivity index (χ1v) is 6.62. The summed E-state index contributed by atoms with van der Waals surface area (Å²) in [6.45, 7) is 2.78. The molecule has 1 N–H and O–H groups in total. The van der Waals surface area contributed by atoms with Gasteiger partial charge in [-0.25, -0.2) is 8.78 Å². The average molecular weight is 257 g/mol. The highest BCUT2D eigenvalue weighted by atomic mass is 19.3. The maximum absolute atomic E-state index is 13.5. The topological polar surface area (TPSA) is 29.9 Å². The van der Waals surface area contributed by atoms with Crippen LogP contribution >= 0.6 is 0 Å². The Morgan fingerprint density at radius 2 is 2.39 bits per heavy atom. The second kappa shape index (κ2) is 5.34. The van der Waals surface area contributed by atoms with Crippen molar-refractivity contribution in [2.75, 3.05) is 6.54 Å². The third kappa shape index (κ3) is 2.88. The van der Waals surface area contributed by atoms with Gasteiger partial charge in [-0.1, -0.05) is 6.92 Å². The fourth-order valence-electron chi connectivity index (χ4n) is 2.92. The first-order chi connectivity index (χ1) is 8.53. The van der Waals surface area contributed by atoms with Crippen LogP contribution in [-0.2, 0) is 7.05 Å². The summed E-state index contributed by atoms with van der Waals surface area (Å²) in [6.07, 6.45) is 3.21. The summed E-state index contributed by atoms with van der Waals surface area (Å²) in [5.74, 6) is -2.51. The molecule has 0 aliphatic heterocycles. The first-order valence-electron chi connectivity index (χ1n) is 6.62. The van der Waals surface area contributed by atoms with E-state index < -0.39 is 5.92 Å². The van der Waals surface area contributed by atoms with Crippen LogP contribution in [0.3, 0.4) is 0 Å². The normalized spacial score (nSPS) is 25.0. The van der Waals surface area contributed by atoms with Gasteiger partial charge < -0.3 is 5.32 Å². The number of nitrogens with one attached hydrogen (secondary N) is 1. The van der Waals surface area contributed by atoms with Gasteiger partial charge in [0.2, 0.25) is 5.92 Å². The number of nitrogens with zero attached hydrogens (tertiary/aromatic N) is 2. The van der Waals surface area contributed by atoms with Crippen LogP contribution in [0, 0.1) is 5.92 Å². The van der Waals surface area contributed by atoms with Gasteiger partial charge in [-0.15, -0.1) is 0 Å². The SMILES string of the molecule is CCNC(c1ccnn1C)C1CCCC(F)(F)C1. The number of aryl methyl sites for hydroxylation is 1. The number of rotatable bonds is 4. The molecule has 18 heavy (non-hydrogen) atoms. The minimum atomic E-state index is -2.50. The van der Waals surface area contributed by atoms with Gasteiger partial charge >= 0.3 is 0 Å². The Hall–Kier alpha value is -0.970. The lowest BCUT2D eigenvalue weighted by molar-refractivity contribution is -0.0587. The third-order valence-electron chi connectivity index (χ3n) is 3.75. The molecule has 2 rings (SSSR count). The molecule has 3 nitrogen and oxygen atoms in total. The van der Waals surface area contributed by atoms with Crippen LogP contribution in [0.2, 0.25) is 0 Å². The number of hydrogen-bond acceptors (Lipinski definition) is 2. The molecule has 1 aliphatic rings. The fourth-order valence-corrected chi connectivity index (χ4v) is 2.92. The summed E-state index contributed by atoms with van der Waals surface area (Å²) in [5.41, 5.74) is 1.000. The molecule has 2 atom stereocenters. The smallest absolute Gasteiger partial charge is 0.248 e. The molecule has 0 bridgehead atoms. The van der Waals surface area contributed by atoms with Crippen molar-refractivity contribution >= 4 is 0 Å². The van der Waals surface area contributed by atoms with Crippen LogP contribution in [0.15, 0.2) is 12.3 Å². The monoisotopic (exact) mass is 257 g/mol. The van der Waals surface area contributed by atoms with Crippen molar-refractivity contribution in [3.05, 3.63) is 18.0 Å². The van der Waals surface area contributed by atoms with E-state index in [0.29, 0.717) is 6.42 Å². The van der Waals surface area contributed by atoms with Gasteiger partial charge in [-0.3, -0.25) is 4.68 Å². The fraction of sp³-hybridized carbons (Fsp3) is 0.769. The van der Waals surface area contributed by atoms with Gasteiger partial charge in [0.25, 0.3) is 0 Å². The first kappa shape index (κ1) is 13.5. The summed E-state index contributed by atoms with van der Waals surface area (Å²) < 4.78 is 28.9. The van der Waals surface area contributed by atoms with E-state index in [1.54, 1.807) is 10.9 Å². The molecule has 1 fully saturated rings. The molecular weight excluding hydrogens is 236 g/mol. The van der Waals surface area contributed by atoms with Crippen LogP contribution in [0.4, 0.5) is 8.78 Å². The van der Waals surface area contributed by atoms with Crippen LogP contribution in [0.1, 0.15) is 44.3 Å². The second-order valence-corrected chi connectivity index (χ2v) is 5.13. The largest absolute Gasteiger partial charge is 0.309 e. The Kier molecular flexibility index (Phi) is 4.00. The van der Waals surface area contributed by atoms with Gasteiger partial charge in [0.05, 0.1) is 11.7 Å². The summed E-state index contributed by atoms with van der Waals surface area (Å²) >= 11 is 0. The zero-order valence-electron chi connectivity index (χ0n) is 11.0. The predicted octanol–water partition coefficient (Wildman–Crippen LogP) is 2.90. The van der Waals surface area contributed by atoms with Crippen LogP contribution < -0.4 is 5.32 Å². The van der Waals surface area contributed by atoms with Crippen molar-refractivity contribution in [1.29, 1.82) is 0 Å². The van der Waals surface area contributed by atoms with Crippen molar-refractivity contribution in [2.24, 2.45) is 13.0 Å². The lowest BCUT2D eigenvalue weighted by atomic mass is 9.80. The van der Waals surface area contributed by atoms with Gasteiger partial charge in [0.1, 0.15) is 0 Å². The van der Waals surface area contributed by atoms with E-state index in [9.17, 15) is 8.78 Å². The molecule has 0 saturated heterocycles. The van der Waals surface area contributed by atoms with E-state index in [0.717, 1.165) is 18.7 Å². The Morgan fingerprint density at radius 1 is 1.61 bits per heavy atom. The highest BCUT2D eigenvalue weighted by Crippen LogP contribution is 2.41. The van der Waals surface area contributed by atoms with E-state index in [1.165, 1.54) is 0 Å². The lowest BCUT2D eigenvalue weighted by Crippen LogP contribution is -2.36. The second-order valence-electron chi connectivity index (χ2n) is 5.13. The Bertz CT molecular complexity index is 389. The van der Waals surface area contributed by atoms with Gasteiger partial charge in [-0.2, -0.15) is 5.10 Å². The summed E-state index contributed by atoms with van der Waals surface area (Å²) in [4.78, 5) is 0. The van der Waals surface area contributed by atoms with Crippen LogP contribution in [0.5, 0.6) is 0 Å². The molecule has 0 radical (unpaired) electrons. The van der Waals surface area contributed by atoms with E-state index in [4.69, 9.17) is 0 Å². The Morgan fingerprint density at radius 3 is 2.94 bits per heavy atom. The molecular formula is C13H21F2N3. The zero-order valence-corrected chi connectivity index (χ0v) is 11.0. The number of hydrogen-bond donors (Lipinski definition) is 1. The van der Waals surface area contributed by atoms with Crippen molar-refractivity contribution in [3.8, 4) is 0 Å². The molecule has 1 heterocycles. The standard InChI is InChI=1S/C13H21F2N3/c1-3-16-12(11-6-8-17-18(11)2)10-5-4-7-13(14,15)9-10/h6,8,10,12,16H,3-5,7,9H2,1-2H3. The predicted molar refractivity (Wildman–Crippen MR) is 66.5 cm³/mol. The third-order valence-corrected chi connectivity index (χ3v) is 3.75. The van der Waals surface area contributed by atoms with Crippen molar-refractivity contribution in [1.82, 2.24) is 15.1 Å². The molecule has 0 spiro atoms. The quantitative estimate of drug-likeness (QED) is 0.898. The number of aromatic nitrogens is 2. The van der Waals surface area contributed by atoms with Crippen LogP contribution in [-0.4, -0.2) is 22.2 Å². The number of halogens is 2. The minimum absolute atomic E-state index is 0.0101. The van der Waals surface area contributed by atoms with Crippen molar-refractivity contribution in [3.63, 3.8) is 0 Å². The molecule has 1 aliphatic carbocycles. The molecule has 2 unspecified atom stereocenters. The zero-order chi connectivity index (χ0) is 13.2. The number of alkyl halides is 2. The molecule has 1 saturated carbocycles. The van der Waals surface area contributed by atoms with Gasteiger partial charge in [-0.05, 0) is 31.4 Å². The molecule has 1 aromatic rings. The molecule has 5 heteroatoms.